The highest BCUT2D eigenvalue weighted by Gasteiger charge is 2.18. The highest BCUT2D eigenvalue weighted by Crippen LogP contribution is 2.20. The number of carbonyl (C=O) groups is 1. The Hall–Kier alpha value is -1.74. The summed E-state index contributed by atoms with van der Waals surface area (Å²) in [5, 5.41) is 0.692. The standard InChI is InChI=1S/C14H13ClN2O/c1-10(18)13(14-9-16-6-7-17-14)8-11-2-4-12(15)5-3-11/h2-7,9,13H,8H2,1H3. The molecule has 4 heteroatoms. The van der Waals surface area contributed by atoms with Crippen molar-refractivity contribution in [1.29, 1.82) is 0 Å². The van der Waals surface area contributed by atoms with E-state index < -0.39 is 0 Å². The quantitative estimate of drug-likeness (QED) is 0.849. The highest BCUT2D eigenvalue weighted by atomic mass is 35.5. The molecule has 0 aliphatic rings. The fraction of sp³-hybridized carbons (Fsp3) is 0.214. The van der Waals surface area contributed by atoms with Crippen LogP contribution in [0.1, 0.15) is 24.1 Å². The van der Waals surface area contributed by atoms with Crippen molar-refractivity contribution in [2.45, 2.75) is 19.3 Å². The van der Waals surface area contributed by atoms with Crippen LogP contribution in [-0.2, 0) is 11.2 Å². The number of aromatic nitrogens is 2. The maximum absolute atomic E-state index is 11.7. The fourth-order valence-electron chi connectivity index (χ4n) is 1.80. The van der Waals surface area contributed by atoms with Crippen LogP contribution in [0.5, 0.6) is 0 Å². The van der Waals surface area contributed by atoms with Crippen LogP contribution >= 0.6 is 11.6 Å². The van der Waals surface area contributed by atoms with Crippen molar-refractivity contribution in [3.8, 4) is 0 Å². The van der Waals surface area contributed by atoms with Crippen LogP contribution in [0.4, 0.5) is 0 Å². The molecule has 1 atom stereocenters. The second-order valence-corrected chi connectivity index (χ2v) is 4.56. The van der Waals surface area contributed by atoms with Crippen LogP contribution in [0.15, 0.2) is 42.9 Å². The van der Waals surface area contributed by atoms with Crippen molar-refractivity contribution >= 4 is 17.4 Å². The van der Waals surface area contributed by atoms with Crippen molar-refractivity contribution in [1.82, 2.24) is 9.97 Å². The molecule has 2 rings (SSSR count). The van der Waals surface area contributed by atoms with Gasteiger partial charge in [-0.15, -0.1) is 0 Å². The van der Waals surface area contributed by atoms with Crippen molar-refractivity contribution in [2.75, 3.05) is 0 Å². The Morgan fingerprint density at radius 3 is 2.56 bits per heavy atom. The molecule has 1 aromatic carbocycles. The molecule has 0 bridgehead atoms. The van der Waals surface area contributed by atoms with Crippen molar-refractivity contribution in [2.24, 2.45) is 0 Å². The maximum Gasteiger partial charge on any atom is 0.139 e. The van der Waals surface area contributed by atoms with Crippen LogP contribution in [-0.4, -0.2) is 15.8 Å². The molecule has 1 heterocycles. The lowest BCUT2D eigenvalue weighted by atomic mass is 9.93. The summed E-state index contributed by atoms with van der Waals surface area (Å²) in [4.78, 5) is 19.9. The summed E-state index contributed by atoms with van der Waals surface area (Å²) in [6.07, 6.45) is 5.46. The lowest BCUT2D eigenvalue weighted by Crippen LogP contribution is -2.13. The number of nitrogens with zero attached hydrogens (tertiary/aromatic N) is 2. The minimum atomic E-state index is -0.250. The van der Waals surface area contributed by atoms with E-state index in [2.05, 4.69) is 9.97 Å². The minimum absolute atomic E-state index is 0.0884. The van der Waals surface area contributed by atoms with Crippen LogP contribution in [0.3, 0.4) is 0 Å². The molecule has 0 saturated heterocycles. The molecule has 3 nitrogen and oxygen atoms in total. The van der Waals surface area contributed by atoms with Gasteiger partial charge in [0.2, 0.25) is 0 Å². The van der Waals surface area contributed by atoms with Gasteiger partial charge in [-0.1, -0.05) is 23.7 Å². The predicted octanol–water partition coefficient (Wildman–Crippen LogP) is 3.05. The molecule has 2 aromatic rings. The number of hydrogen-bond donors (Lipinski definition) is 0. The average molecular weight is 261 g/mol. The zero-order chi connectivity index (χ0) is 13.0. The molecule has 0 radical (unpaired) electrons. The molecule has 0 fully saturated rings. The second-order valence-electron chi connectivity index (χ2n) is 4.12. The minimum Gasteiger partial charge on any atom is -0.299 e. The maximum atomic E-state index is 11.7. The molecule has 0 amide bonds. The molecule has 1 aromatic heterocycles. The molecule has 0 saturated carbocycles. The lowest BCUT2D eigenvalue weighted by molar-refractivity contribution is -0.118. The smallest absolute Gasteiger partial charge is 0.139 e. The average Bonchev–Trinajstić information content (AvgIpc) is 2.38. The third-order valence-corrected chi connectivity index (χ3v) is 3.04. The number of benzene rings is 1. The molecule has 18 heavy (non-hydrogen) atoms. The topological polar surface area (TPSA) is 42.9 Å². The number of Topliss-reactive ketones (excluding diaryl/α,β-unsaturated/α-hetero) is 1. The first kappa shape index (κ1) is 12.7. The molecular weight excluding hydrogens is 248 g/mol. The van der Waals surface area contributed by atoms with Gasteiger partial charge in [0.1, 0.15) is 5.78 Å². The summed E-state index contributed by atoms with van der Waals surface area (Å²) in [5.74, 6) is -0.162. The third kappa shape index (κ3) is 3.14. The molecule has 0 spiro atoms. The summed E-state index contributed by atoms with van der Waals surface area (Å²) >= 11 is 5.84. The first-order valence-corrected chi connectivity index (χ1v) is 6.05. The molecule has 0 aliphatic heterocycles. The van der Waals surface area contributed by atoms with Gasteiger partial charge >= 0.3 is 0 Å². The van der Waals surface area contributed by atoms with E-state index in [1.165, 1.54) is 0 Å². The molecule has 92 valence electrons. The zero-order valence-electron chi connectivity index (χ0n) is 10.0. The Labute approximate surface area is 111 Å². The van der Waals surface area contributed by atoms with Crippen LogP contribution in [0, 0.1) is 0 Å². The molecule has 1 unspecified atom stereocenters. The van der Waals surface area contributed by atoms with Gasteiger partial charge in [0.15, 0.2) is 0 Å². The highest BCUT2D eigenvalue weighted by molar-refractivity contribution is 6.30. The molecule has 0 aliphatic carbocycles. The number of rotatable bonds is 4. The fourth-order valence-corrected chi connectivity index (χ4v) is 1.93. The van der Waals surface area contributed by atoms with E-state index >= 15 is 0 Å². The van der Waals surface area contributed by atoms with E-state index in [4.69, 9.17) is 11.6 Å². The molecule has 0 N–H and O–H groups in total. The Bertz CT molecular complexity index is 525. The van der Waals surface area contributed by atoms with E-state index in [1.54, 1.807) is 25.5 Å². The van der Waals surface area contributed by atoms with Crippen LogP contribution < -0.4 is 0 Å². The van der Waals surface area contributed by atoms with Gasteiger partial charge < -0.3 is 0 Å². The van der Waals surface area contributed by atoms with E-state index in [0.29, 0.717) is 17.1 Å². The Morgan fingerprint density at radius 1 is 1.28 bits per heavy atom. The van der Waals surface area contributed by atoms with Crippen molar-refractivity contribution in [3.63, 3.8) is 0 Å². The van der Waals surface area contributed by atoms with Gasteiger partial charge in [-0.25, -0.2) is 0 Å². The SMILES string of the molecule is CC(=O)C(Cc1ccc(Cl)cc1)c1cnccn1. The Morgan fingerprint density at radius 2 is 2.00 bits per heavy atom. The lowest BCUT2D eigenvalue weighted by Gasteiger charge is -2.12. The largest absolute Gasteiger partial charge is 0.299 e. The summed E-state index contributed by atoms with van der Waals surface area (Å²) < 4.78 is 0. The molecular formula is C14H13ClN2O. The number of hydrogen-bond acceptors (Lipinski definition) is 3. The van der Waals surface area contributed by atoms with Gasteiger partial charge in [0, 0.05) is 23.6 Å². The number of ketones is 1. The van der Waals surface area contributed by atoms with Gasteiger partial charge in [-0.05, 0) is 31.0 Å². The summed E-state index contributed by atoms with van der Waals surface area (Å²) in [6.45, 7) is 1.58. The monoisotopic (exact) mass is 260 g/mol. The van der Waals surface area contributed by atoms with E-state index in [9.17, 15) is 4.79 Å². The van der Waals surface area contributed by atoms with Gasteiger partial charge in [0.05, 0.1) is 11.6 Å². The summed E-state index contributed by atoms with van der Waals surface area (Å²) in [7, 11) is 0. The van der Waals surface area contributed by atoms with E-state index in [-0.39, 0.29) is 11.7 Å². The van der Waals surface area contributed by atoms with Gasteiger partial charge in [-0.2, -0.15) is 0 Å². The summed E-state index contributed by atoms with van der Waals surface area (Å²) in [5.41, 5.74) is 1.77. The van der Waals surface area contributed by atoms with Crippen LogP contribution in [0.25, 0.3) is 0 Å². The Balaban J connectivity index is 2.22. The van der Waals surface area contributed by atoms with Gasteiger partial charge in [-0.3, -0.25) is 14.8 Å². The summed E-state index contributed by atoms with van der Waals surface area (Å²) in [6, 6.07) is 7.50. The van der Waals surface area contributed by atoms with E-state index in [0.717, 1.165) is 5.56 Å². The van der Waals surface area contributed by atoms with Gasteiger partial charge in [0.25, 0.3) is 0 Å². The van der Waals surface area contributed by atoms with E-state index in [1.807, 2.05) is 24.3 Å². The Kier molecular flexibility index (Phi) is 4.05. The third-order valence-electron chi connectivity index (χ3n) is 2.78. The van der Waals surface area contributed by atoms with Crippen molar-refractivity contribution < 1.29 is 4.79 Å². The second kappa shape index (κ2) is 5.74. The van der Waals surface area contributed by atoms with Crippen LogP contribution in [0.2, 0.25) is 5.02 Å². The first-order valence-electron chi connectivity index (χ1n) is 5.67. The zero-order valence-corrected chi connectivity index (χ0v) is 10.8. The first-order chi connectivity index (χ1) is 8.66. The number of carbonyl (C=O) groups excluding carboxylic acids is 1. The number of halogens is 1. The van der Waals surface area contributed by atoms with Crippen molar-refractivity contribution in [3.05, 3.63) is 59.1 Å². The normalized spacial score (nSPS) is 12.1. The predicted molar refractivity (Wildman–Crippen MR) is 70.6 cm³/mol.